The second-order valence-corrected chi connectivity index (χ2v) is 6.34. The molecule has 1 aromatic heterocycles. The number of carbonyl (C=O) groups is 2. The van der Waals surface area contributed by atoms with Gasteiger partial charge < -0.3 is 16.4 Å². The maximum absolute atomic E-state index is 12.7. The Morgan fingerprint density at radius 3 is 2.72 bits per heavy atom. The van der Waals surface area contributed by atoms with Crippen molar-refractivity contribution < 1.29 is 22.8 Å². The van der Waals surface area contributed by atoms with Crippen LogP contribution < -0.4 is 16.4 Å². The van der Waals surface area contributed by atoms with E-state index < -0.39 is 29.7 Å². The van der Waals surface area contributed by atoms with Crippen LogP contribution in [0.2, 0.25) is 0 Å². The highest BCUT2D eigenvalue weighted by atomic mass is 32.1. The maximum Gasteiger partial charge on any atom is 0.416 e. The molecule has 25 heavy (non-hydrogen) atoms. The third-order valence-electron chi connectivity index (χ3n) is 3.17. The predicted octanol–water partition coefficient (Wildman–Crippen LogP) is 2.75. The Hall–Kier alpha value is -2.62. The van der Waals surface area contributed by atoms with Crippen LogP contribution in [0.4, 0.5) is 23.1 Å². The number of nitrogens with zero attached hydrogens (tertiary/aromatic N) is 1. The first kappa shape index (κ1) is 18.7. The van der Waals surface area contributed by atoms with Gasteiger partial charge in [-0.15, -0.1) is 11.3 Å². The van der Waals surface area contributed by atoms with E-state index in [1.54, 1.807) is 6.07 Å². The van der Waals surface area contributed by atoms with Gasteiger partial charge in [0, 0.05) is 17.5 Å². The molecule has 0 aliphatic rings. The topological polar surface area (TPSA) is 97.1 Å². The van der Waals surface area contributed by atoms with Gasteiger partial charge in [0.1, 0.15) is 6.04 Å². The molecule has 0 aliphatic heterocycles. The summed E-state index contributed by atoms with van der Waals surface area (Å²) in [6.07, 6.45) is -2.66. The molecule has 3 amide bonds. The van der Waals surface area contributed by atoms with Crippen molar-refractivity contribution in [2.75, 3.05) is 5.32 Å². The minimum atomic E-state index is -4.40. The summed E-state index contributed by atoms with van der Waals surface area (Å²) in [5.74, 6) is -0.501. The molecule has 0 fully saturated rings. The summed E-state index contributed by atoms with van der Waals surface area (Å²) >= 11 is 1.14. The van der Waals surface area contributed by atoms with E-state index in [1.165, 1.54) is 19.2 Å². The van der Waals surface area contributed by atoms with Crippen LogP contribution in [-0.2, 0) is 17.4 Å². The van der Waals surface area contributed by atoms with Crippen LogP contribution in [0.1, 0.15) is 22.9 Å². The van der Waals surface area contributed by atoms with Gasteiger partial charge in [-0.05, 0) is 18.6 Å². The first-order valence-electron chi connectivity index (χ1n) is 7.13. The van der Waals surface area contributed by atoms with Crippen molar-refractivity contribution in [3.8, 4) is 0 Å². The number of halogens is 3. The molecule has 0 spiro atoms. The number of primary amides is 1. The Bertz CT molecular complexity index is 776. The Kier molecular flexibility index (Phi) is 5.62. The molecule has 1 atom stereocenters. The Morgan fingerprint density at radius 1 is 1.36 bits per heavy atom. The minimum Gasteiger partial charge on any atom is -0.352 e. The quantitative estimate of drug-likeness (QED) is 0.753. The molecule has 2 rings (SSSR count). The molecule has 0 unspecified atom stereocenters. The second-order valence-electron chi connectivity index (χ2n) is 5.23. The first-order chi connectivity index (χ1) is 11.6. The average molecular weight is 372 g/mol. The van der Waals surface area contributed by atoms with Gasteiger partial charge in [-0.1, -0.05) is 18.2 Å². The van der Waals surface area contributed by atoms with Gasteiger partial charge >= 0.3 is 12.2 Å². The lowest BCUT2D eigenvalue weighted by Crippen LogP contribution is -2.44. The normalized spacial score (nSPS) is 12.5. The third-order valence-corrected chi connectivity index (χ3v) is 4.08. The zero-order chi connectivity index (χ0) is 18.6. The smallest absolute Gasteiger partial charge is 0.352 e. The number of rotatable bonds is 5. The average Bonchev–Trinajstić information content (AvgIpc) is 2.93. The Labute approximate surface area is 145 Å². The van der Waals surface area contributed by atoms with Crippen LogP contribution in [0, 0.1) is 0 Å². The van der Waals surface area contributed by atoms with Gasteiger partial charge in [0.15, 0.2) is 5.13 Å². The number of amides is 3. The molecule has 6 nitrogen and oxygen atoms in total. The van der Waals surface area contributed by atoms with Crippen LogP contribution in [0.25, 0.3) is 0 Å². The van der Waals surface area contributed by atoms with E-state index >= 15 is 0 Å². The summed E-state index contributed by atoms with van der Waals surface area (Å²) in [6.45, 7) is 1.46. The number of anilines is 1. The lowest BCUT2D eigenvalue weighted by molar-refractivity contribution is -0.137. The minimum absolute atomic E-state index is 0.256. The summed E-state index contributed by atoms with van der Waals surface area (Å²) in [6, 6.07) is 3.36. The molecule has 0 aliphatic carbocycles. The molecular weight excluding hydrogens is 357 g/mol. The van der Waals surface area contributed by atoms with Gasteiger partial charge in [-0.2, -0.15) is 13.2 Å². The molecule has 4 N–H and O–H groups in total. The van der Waals surface area contributed by atoms with Crippen molar-refractivity contribution in [1.29, 1.82) is 0 Å². The number of benzene rings is 1. The number of alkyl halides is 3. The fourth-order valence-corrected chi connectivity index (χ4v) is 2.85. The van der Waals surface area contributed by atoms with Crippen LogP contribution in [-0.4, -0.2) is 23.0 Å². The third kappa shape index (κ3) is 5.45. The number of hydrogen-bond acceptors (Lipinski definition) is 4. The number of nitrogens with one attached hydrogen (secondary N) is 2. The van der Waals surface area contributed by atoms with Crippen molar-refractivity contribution in [2.45, 2.75) is 25.6 Å². The maximum atomic E-state index is 12.7. The summed E-state index contributed by atoms with van der Waals surface area (Å²) in [5.41, 5.74) is 4.71. The van der Waals surface area contributed by atoms with Gasteiger partial charge in [0.25, 0.3) is 0 Å². The van der Waals surface area contributed by atoms with Crippen molar-refractivity contribution >= 4 is 28.4 Å². The van der Waals surface area contributed by atoms with E-state index in [0.29, 0.717) is 10.4 Å². The fourth-order valence-electron chi connectivity index (χ4n) is 2.00. The molecule has 1 heterocycles. The van der Waals surface area contributed by atoms with Crippen molar-refractivity contribution in [3.05, 3.63) is 46.5 Å². The molecule has 134 valence electrons. The largest absolute Gasteiger partial charge is 0.416 e. The molecule has 10 heteroatoms. The van der Waals surface area contributed by atoms with E-state index in [2.05, 4.69) is 15.6 Å². The van der Waals surface area contributed by atoms with Crippen LogP contribution in [0.5, 0.6) is 0 Å². The number of carbonyl (C=O) groups excluding carboxylic acids is 2. The van der Waals surface area contributed by atoms with Gasteiger partial charge in [0.2, 0.25) is 5.91 Å². The van der Waals surface area contributed by atoms with Crippen molar-refractivity contribution in [3.63, 3.8) is 0 Å². The number of aromatic nitrogens is 1. The highest BCUT2D eigenvalue weighted by Gasteiger charge is 2.30. The highest BCUT2D eigenvalue weighted by Crippen LogP contribution is 2.30. The molecular formula is C15H15F3N4O2S. The van der Waals surface area contributed by atoms with Crippen LogP contribution in [0.15, 0.2) is 30.5 Å². The first-order valence-corrected chi connectivity index (χ1v) is 7.94. The van der Waals surface area contributed by atoms with Crippen molar-refractivity contribution in [1.82, 2.24) is 10.3 Å². The molecule has 0 radical (unpaired) electrons. The summed E-state index contributed by atoms with van der Waals surface area (Å²) in [5, 5.41) is 5.02. The van der Waals surface area contributed by atoms with E-state index in [4.69, 9.17) is 5.73 Å². The predicted molar refractivity (Wildman–Crippen MR) is 87.2 cm³/mol. The molecule has 0 saturated carbocycles. The summed E-state index contributed by atoms with van der Waals surface area (Å²) in [7, 11) is 0. The van der Waals surface area contributed by atoms with Gasteiger partial charge in [0.05, 0.1) is 5.56 Å². The van der Waals surface area contributed by atoms with Crippen LogP contribution in [0.3, 0.4) is 0 Å². The van der Waals surface area contributed by atoms with Crippen LogP contribution >= 0.6 is 11.3 Å². The summed E-state index contributed by atoms with van der Waals surface area (Å²) < 4.78 is 38.2. The summed E-state index contributed by atoms with van der Waals surface area (Å²) in [4.78, 5) is 27.2. The fraction of sp³-hybridized carbons (Fsp3) is 0.267. The zero-order valence-corrected chi connectivity index (χ0v) is 13.9. The number of hydrogen-bond donors (Lipinski definition) is 3. The van der Waals surface area contributed by atoms with Gasteiger partial charge in [-0.3, -0.25) is 4.79 Å². The number of nitrogens with two attached hydrogens (primary N) is 1. The molecule has 0 bridgehead atoms. The van der Waals surface area contributed by atoms with E-state index in [9.17, 15) is 22.8 Å². The zero-order valence-electron chi connectivity index (χ0n) is 13.1. The molecule has 1 aromatic carbocycles. The van der Waals surface area contributed by atoms with Crippen molar-refractivity contribution in [2.24, 2.45) is 5.73 Å². The Morgan fingerprint density at radius 2 is 2.08 bits per heavy atom. The highest BCUT2D eigenvalue weighted by molar-refractivity contribution is 7.15. The number of thiazole rings is 1. The molecule has 2 aromatic rings. The van der Waals surface area contributed by atoms with Gasteiger partial charge in [-0.25, -0.2) is 9.78 Å². The second kappa shape index (κ2) is 7.51. The SMILES string of the molecule is C[C@H](NC(N)=O)C(=O)Nc1ncc(Cc2cccc(C(F)(F)F)c2)s1. The standard InChI is InChI=1S/C15H15F3N4O2S/c1-8(21-13(19)24)12(23)22-14-20-7-11(25-14)6-9-3-2-4-10(5-9)15(16,17)18/h2-5,7-8H,6H2,1H3,(H3,19,21,24)(H,20,22,23)/t8-/m0/s1. The monoisotopic (exact) mass is 372 g/mol. The lowest BCUT2D eigenvalue weighted by Gasteiger charge is -2.10. The van der Waals surface area contributed by atoms with E-state index in [0.717, 1.165) is 23.5 Å². The Balaban J connectivity index is 2.02. The van der Waals surface area contributed by atoms with E-state index in [-0.39, 0.29) is 11.6 Å². The molecule has 0 saturated heterocycles. The van der Waals surface area contributed by atoms with E-state index in [1.807, 2.05) is 0 Å². The number of urea groups is 1. The lowest BCUT2D eigenvalue weighted by atomic mass is 10.1.